The molecule has 0 unspecified atom stereocenters. The zero-order valence-electron chi connectivity index (χ0n) is 15.2. The van der Waals surface area contributed by atoms with Crippen molar-refractivity contribution in [1.29, 1.82) is 5.26 Å². The van der Waals surface area contributed by atoms with E-state index in [2.05, 4.69) is 15.3 Å². The van der Waals surface area contributed by atoms with Gasteiger partial charge in [0.15, 0.2) is 5.82 Å². The standard InChI is InChI=1S/C19H13Cl2N5O3S/c20-16-11-23-19(21)25-18(16)24-13-2-1-3-15(8-13)30-7-6-29-17-9-14(26(27)28)5-4-12(17)10-22/h1-5,8-9,11H,6-7H2,(H,23,24,25). The molecule has 0 aliphatic heterocycles. The van der Waals surface area contributed by atoms with Gasteiger partial charge in [-0.25, -0.2) is 4.98 Å². The van der Waals surface area contributed by atoms with E-state index in [-0.39, 0.29) is 28.9 Å². The van der Waals surface area contributed by atoms with E-state index in [1.54, 1.807) is 0 Å². The lowest BCUT2D eigenvalue weighted by molar-refractivity contribution is -0.384. The first kappa shape index (κ1) is 21.6. The van der Waals surface area contributed by atoms with Crippen molar-refractivity contribution in [1.82, 2.24) is 9.97 Å². The van der Waals surface area contributed by atoms with E-state index in [1.807, 2.05) is 30.3 Å². The lowest BCUT2D eigenvalue weighted by Gasteiger charge is -2.10. The van der Waals surface area contributed by atoms with Gasteiger partial charge in [-0.2, -0.15) is 10.2 Å². The minimum absolute atomic E-state index is 0.0856. The molecule has 0 aliphatic rings. The number of nitriles is 1. The molecule has 0 fully saturated rings. The number of nitro groups is 1. The highest BCUT2D eigenvalue weighted by Crippen LogP contribution is 2.28. The predicted molar refractivity (Wildman–Crippen MR) is 116 cm³/mol. The van der Waals surface area contributed by atoms with E-state index in [4.69, 9.17) is 33.2 Å². The summed E-state index contributed by atoms with van der Waals surface area (Å²) in [5, 5.41) is 23.6. The van der Waals surface area contributed by atoms with Crippen LogP contribution in [0, 0.1) is 21.4 Å². The number of aromatic nitrogens is 2. The number of anilines is 2. The van der Waals surface area contributed by atoms with Crippen LogP contribution < -0.4 is 10.1 Å². The molecule has 3 aromatic rings. The molecule has 0 spiro atoms. The highest BCUT2D eigenvalue weighted by molar-refractivity contribution is 7.99. The van der Waals surface area contributed by atoms with Crippen molar-refractivity contribution in [3.05, 3.63) is 74.6 Å². The average molecular weight is 462 g/mol. The summed E-state index contributed by atoms with van der Waals surface area (Å²) in [5.74, 6) is 1.16. The molecule has 0 saturated carbocycles. The number of thioether (sulfide) groups is 1. The number of halogens is 2. The maximum atomic E-state index is 10.9. The number of benzene rings is 2. The molecule has 0 bridgehead atoms. The first-order valence-electron chi connectivity index (χ1n) is 8.45. The Kier molecular flexibility index (Phi) is 7.30. The van der Waals surface area contributed by atoms with Crippen LogP contribution in [0.15, 0.2) is 53.6 Å². The Labute approximate surface area is 186 Å². The summed E-state index contributed by atoms with van der Waals surface area (Å²) < 4.78 is 5.58. The molecule has 2 aromatic carbocycles. The number of hydrogen-bond donors (Lipinski definition) is 1. The van der Waals surface area contributed by atoms with Gasteiger partial charge in [-0.15, -0.1) is 11.8 Å². The van der Waals surface area contributed by atoms with Crippen LogP contribution in [0.4, 0.5) is 17.2 Å². The van der Waals surface area contributed by atoms with Gasteiger partial charge >= 0.3 is 0 Å². The van der Waals surface area contributed by atoms with Gasteiger partial charge in [0, 0.05) is 22.4 Å². The van der Waals surface area contributed by atoms with Crippen LogP contribution in [0.25, 0.3) is 0 Å². The summed E-state index contributed by atoms with van der Waals surface area (Å²) in [4.78, 5) is 19.2. The molecule has 30 heavy (non-hydrogen) atoms. The Bertz CT molecular complexity index is 1120. The van der Waals surface area contributed by atoms with Crippen LogP contribution in [-0.2, 0) is 0 Å². The van der Waals surface area contributed by atoms with Gasteiger partial charge in [0.2, 0.25) is 5.28 Å². The van der Waals surface area contributed by atoms with Crippen LogP contribution >= 0.6 is 35.0 Å². The fourth-order valence-corrected chi connectivity index (χ4v) is 3.44. The molecular formula is C19H13Cl2N5O3S. The van der Waals surface area contributed by atoms with Gasteiger partial charge in [-0.3, -0.25) is 10.1 Å². The molecule has 0 amide bonds. The first-order chi connectivity index (χ1) is 14.5. The summed E-state index contributed by atoms with van der Waals surface area (Å²) in [6.07, 6.45) is 1.42. The number of ether oxygens (including phenoxy) is 1. The molecule has 1 aromatic heterocycles. The molecule has 8 nitrogen and oxygen atoms in total. The minimum Gasteiger partial charge on any atom is -0.491 e. The van der Waals surface area contributed by atoms with Gasteiger partial charge in [0.1, 0.15) is 16.8 Å². The Balaban J connectivity index is 1.59. The minimum atomic E-state index is -0.529. The zero-order chi connectivity index (χ0) is 21.5. The smallest absolute Gasteiger partial charge is 0.273 e. The topological polar surface area (TPSA) is 114 Å². The second kappa shape index (κ2) is 10.1. The second-order valence-corrected chi connectivity index (χ2v) is 7.65. The zero-order valence-corrected chi connectivity index (χ0v) is 17.5. The monoisotopic (exact) mass is 461 g/mol. The Hall–Kier alpha value is -3.06. The molecule has 0 aliphatic carbocycles. The van der Waals surface area contributed by atoms with Crippen LogP contribution in [0.5, 0.6) is 5.75 Å². The molecular weight excluding hydrogens is 449 g/mol. The molecule has 3 rings (SSSR count). The third-order valence-corrected chi connectivity index (χ3v) is 5.13. The van der Waals surface area contributed by atoms with E-state index >= 15 is 0 Å². The Morgan fingerprint density at radius 2 is 2.10 bits per heavy atom. The van der Waals surface area contributed by atoms with Gasteiger partial charge in [-0.1, -0.05) is 17.7 Å². The normalized spacial score (nSPS) is 10.3. The van der Waals surface area contributed by atoms with Crippen molar-refractivity contribution in [3.8, 4) is 11.8 Å². The van der Waals surface area contributed by atoms with Gasteiger partial charge in [0.05, 0.1) is 29.4 Å². The largest absolute Gasteiger partial charge is 0.491 e. The quantitative estimate of drug-likeness (QED) is 0.154. The maximum absolute atomic E-state index is 10.9. The van der Waals surface area contributed by atoms with Crippen molar-refractivity contribution >= 4 is 52.2 Å². The lowest BCUT2D eigenvalue weighted by atomic mass is 10.2. The first-order valence-corrected chi connectivity index (χ1v) is 10.2. The fourth-order valence-electron chi connectivity index (χ4n) is 2.38. The lowest BCUT2D eigenvalue weighted by Crippen LogP contribution is -2.02. The summed E-state index contributed by atoms with van der Waals surface area (Å²) in [6, 6.07) is 13.4. The number of non-ortho nitro benzene ring substituents is 1. The van der Waals surface area contributed by atoms with E-state index in [0.29, 0.717) is 16.6 Å². The van der Waals surface area contributed by atoms with E-state index in [0.717, 1.165) is 10.6 Å². The van der Waals surface area contributed by atoms with Crippen molar-refractivity contribution in [2.75, 3.05) is 17.7 Å². The van der Waals surface area contributed by atoms with Gasteiger partial charge in [0.25, 0.3) is 5.69 Å². The van der Waals surface area contributed by atoms with E-state index < -0.39 is 4.92 Å². The number of hydrogen-bond acceptors (Lipinski definition) is 8. The fraction of sp³-hybridized carbons (Fsp3) is 0.105. The second-order valence-electron chi connectivity index (χ2n) is 5.73. The third-order valence-electron chi connectivity index (χ3n) is 3.72. The Morgan fingerprint density at radius 1 is 1.27 bits per heavy atom. The van der Waals surface area contributed by atoms with E-state index in [9.17, 15) is 10.1 Å². The van der Waals surface area contributed by atoms with Crippen LogP contribution in [0.3, 0.4) is 0 Å². The Morgan fingerprint density at radius 3 is 2.87 bits per heavy atom. The number of nitrogens with one attached hydrogen (secondary N) is 1. The summed E-state index contributed by atoms with van der Waals surface area (Å²) in [7, 11) is 0. The summed E-state index contributed by atoms with van der Waals surface area (Å²) in [5.41, 5.74) is 0.888. The van der Waals surface area contributed by atoms with Crippen LogP contribution in [0.2, 0.25) is 10.3 Å². The molecule has 1 N–H and O–H groups in total. The van der Waals surface area contributed by atoms with Crippen LogP contribution in [-0.4, -0.2) is 27.3 Å². The molecule has 11 heteroatoms. The highest BCUT2D eigenvalue weighted by atomic mass is 35.5. The third kappa shape index (κ3) is 5.73. The van der Waals surface area contributed by atoms with Crippen molar-refractivity contribution < 1.29 is 9.66 Å². The molecule has 0 saturated heterocycles. The molecule has 152 valence electrons. The number of nitro benzene ring substituents is 1. The maximum Gasteiger partial charge on any atom is 0.273 e. The SMILES string of the molecule is N#Cc1ccc([N+](=O)[O-])cc1OCCSc1cccc(Nc2nc(Cl)ncc2Cl)c1. The number of nitrogens with zero attached hydrogens (tertiary/aromatic N) is 4. The van der Waals surface area contributed by atoms with Crippen molar-refractivity contribution in [3.63, 3.8) is 0 Å². The molecule has 1 heterocycles. The number of rotatable bonds is 8. The summed E-state index contributed by atoms with van der Waals surface area (Å²) >= 11 is 13.4. The van der Waals surface area contributed by atoms with Crippen molar-refractivity contribution in [2.24, 2.45) is 0 Å². The van der Waals surface area contributed by atoms with Crippen LogP contribution in [0.1, 0.15) is 5.56 Å². The van der Waals surface area contributed by atoms with Crippen molar-refractivity contribution in [2.45, 2.75) is 4.90 Å². The molecule has 0 radical (unpaired) electrons. The highest BCUT2D eigenvalue weighted by Gasteiger charge is 2.12. The van der Waals surface area contributed by atoms with Gasteiger partial charge < -0.3 is 10.1 Å². The van der Waals surface area contributed by atoms with Gasteiger partial charge in [-0.05, 0) is 35.9 Å². The average Bonchev–Trinajstić information content (AvgIpc) is 2.74. The van der Waals surface area contributed by atoms with E-state index in [1.165, 1.54) is 36.2 Å². The molecule has 0 atom stereocenters. The summed E-state index contributed by atoms with van der Waals surface area (Å²) in [6.45, 7) is 0.269. The predicted octanol–water partition coefficient (Wildman–Crippen LogP) is 5.48.